The smallest absolute Gasteiger partial charge is 0.0713 e. The van der Waals surface area contributed by atoms with Gasteiger partial charge in [-0.25, -0.2) is 0 Å². The van der Waals surface area contributed by atoms with E-state index >= 15 is 0 Å². The van der Waals surface area contributed by atoms with Crippen LogP contribution in [0.1, 0.15) is 31.9 Å². The molecule has 0 bridgehead atoms. The van der Waals surface area contributed by atoms with Gasteiger partial charge in [-0.05, 0) is 33.4 Å². The van der Waals surface area contributed by atoms with Gasteiger partial charge in [-0.3, -0.25) is 0 Å². The molecule has 17 heavy (non-hydrogen) atoms. The van der Waals surface area contributed by atoms with Crippen molar-refractivity contribution >= 4 is 10.8 Å². The molecule has 0 aliphatic carbocycles. The number of ether oxygens (including phenoxy) is 1. The minimum absolute atomic E-state index is 0.156. The third-order valence-electron chi connectivity index (χ3n) is 3.04. The molecule has 0 unspecified atom stereocenters. The molecule has 90 valence electrons. The van der Waals surface area contributed by atoms with Crippen molar-refractivity contribution in [3.8, 4) is 0 Å². The Labute approximate surface area is 103 Å². The summed E-state index contributed by atoms with van der Waals surface area (Å²) in [6.07, 6.45) is 0. The Hall–Kier alpha value is -1.34. The lowest BCUT2D eigenvalue weighted by molar-refractivity contribution is 0.185. The molecule has 0 N–H and O–H groups in total. The van der Waals surface area contributed by atoms with Gasteiger partial charge in [0.25, 0.3) is 0 Å². The maximum atomic E-state index is 5.24. The van der Waals surface area contributed by atoms with Gasteiger partial charge in [0, 0.05) is 7.11 Å². The third-order valence-corrected chi connectivity index (χ3v) is 3.04. The number of benzene rings is 2. The number of rotatable bonds is 2. The van der Waals surface area contributed by atoms with Crippen molar-refractivity contribution in [3.05, 3.63) is 47.5 Å². The lowest BCUT2D eigenvalue weighted by Crippen LogP contribution is -2.12. The van der Waals surface area contributed by atoms with Gasteiger partial charge in [-0.15, -0.1) is 0 Å². The van der Waals surface area contributed by atoms with Gasteiger partial charge in [0.15, 0.2) is 0 Å². The molecule has 2 aromatic rings. The summed E-state index contributed by atoms with van der Waals surface area (Å²) < 4.78 is 5.24. The molecule has 1 heteroatoms. The SMILES string of the molecule is COCc1cc(C(C)(C)C)c2ccccc2c1. The first-order chi connectivity index (χ1) is 8.02. The first kappa shape index (κ1) is 12.1. The molecule has 0 heterocycles. The fourth-order valence-electron chi connectivity index (χ4n) is 2.24. The maximum absolute atomic E-state index is 5.24. The normalized spacial score (nSPS) is 12.0. The van der Waals surface area contributed by atoms with Gasteiger partial charge in [-0.1, -0.05) is 51.1 Å². The first-order valence-corrected chi connectivity index (χ1v) is 6.03. The summed E-state index contributed by atoms with van der Waals surface area (Å²) in [5.41, 5.74) is 2.79. The molecule has 0 aliphatic heterocycles. The second-order valence-electron chi connectivity index (χ2n) is 5.55. The number of fused-ring (bicyclic) bond motifs is 1. The average molecular weight is 228 g/mol. The van der Waals surface area contributed by atoms with E-state index < -0.39 is 0 Å². The van der Waals surface area contributed by atoms with Crippen LogP contribution in [0.5, 0.6) is 0 Å². The molecule has 2 rings (SSSR count). The van der Waals surface area contributed by atoms with Crippen LogP contribution in [-0.4, -0.2) is 7.11 Å². The fraction of sp³-hybridized carbons (Fsp3) is 0.375. The largest absolute Gasteiger partial charge is 0.380 e. The standard InChI is InChI=1S/C16H20O/c1-16(2,3)15-10-12(11-17-4)9-13-7-5-6-8-14(13)15/h5-10H,11H2,1-4H3. The zero-order valence-electron chi connectivity index (χ0n) is 11.1. The van der Waals surface area contributed by atoms with E-state index in [1.54, 1.807) is 7.11 Å². The van der Waals surface area contributed by atoms with Crippen LogP contribution in [0.25, 0.3) is 10.8 Å². The molecule has 0 aromatic heterocycles. The van der Waals surface area contributed by atoms with E-state index in [4.69, 9.17) is 4.74 Å². The van der Waals surface area contributed by atoms with E-state index in [1.807, 2.05) is 0 Å². The Morgan fingerprint density at radius 2 is 1.76 bits per heavy atom. The zero-order valence-corrected chi connectivity index (χ0v) is 11.1. The van der Waals surface area contributed by atoms with Crippen LogP contribution in [0, 0.1) is 0 Å². The molecular formula is C16H20O. The van der Waals surface area contributed by atoms with Gasteiger partial charge in [0.05, 0.1) is 6.61 Å². The lowest BCUT2D eigenvalue weighted by atomic mass is 9.82. The van der Waals surface area contributed by atoms with E-state index in [2.05, 4.69) is 57.2 Å². The highest BCUT2D eigenvalue weighted by Crippen LogP contribution is 2.31. The Morgan fingerprint density at radius 3 is 2.41 bits per heavy atom. The molecule has 2 aromatic carbocycles. The van der Waals surface area contributed by atoms with Crippen LogP contribution >= 0.6 is 0 Å². The highest BCUT2D eigenvalue weighted by Gasteiger charge is 2.17. The molecular weight excluding hydrogens is 208 g/mol. The van der Waals surface area contributed by atoms with E-state index in [0.717, 1.165) is 0 Å². The van der Waals surface area contributed by atoms with Gasteiger partial charge in [0.2, 0.25) is 0 Å². The second-order valence-corrected chi connectivity index (χ2v) is 5.55. The van der Waals surface area contributed by atoms with Crippen molar-refractivity contribution in [2.75, 3.05) is 7.11 Å². The summed E-state index contributed by atoms with van der Waals surface area (Å²) in [5.74, 6) is 0. The van der Waals surface area contributed by atoms with Crippen molar-refractivity contribution in [1.29, 1.82) is 0 Å². The third kappa shape index (κ3) is 2.50. The van der Waals surface area contributed by atoms with Crippen LogP contribution in [-0.2, 0) is 16.8 Å². The van der Waals surface area contributed by atoms with Crippen molar-refractivity contribution in [2.24, 2.45) is 0 Å². The minimum Gasteiger partial charge on any atom is -0.380 e. The molecule has 0 saturated heterocycles. The predicted molar refractivity (Wildman–Crippen MR) is 73.4 cm³/mol. The number of hydrogen-bond donors (Lipinski definition) is 0. The van der Waals surface area contributed by atoms with Gasteiger partial charge in [0.1, 0.15) is 0 Å². The monoisotopic (exact) mass is 228 g/mol. The van der Waals surface area contributed by atoms with Crippen LogP contribution in [0.3, 0.4) is 0 Å². The Bertz CT molecular complexity index is 521. The van der Waals surface area contributed by atoms with Crippen LogP contribution in [0.4, 0.5) is 0 Å². The highest BCUT2D eigenvalue weighted by molar-refractivity contribution is 5.87. The fourth-order valence-corrected chi connectivity index (χ4v) is 2.24. The van der Waals surface area contributed by atoms with E-state index in [9.17, 15) is 0 Å². The molecule has 0 saturated carbocycles. The van der Waals surface area contributed by atoms with Gasteiger partial charge >= 0.3 is 0 Å². The van der Waals surface area contributed by atoms with Crippen molar-refractivity contribution in [2.45, 2.75) is 32.8 Å². The molecule has 1 nitrogen and oxygen atoms in total. The van der Waals surface area contributed by atoms with E-state index in [1.165, 1.54) is 21.9 Å². The van der Waals surface area contributed by atoms with E-state index in [0.29, 0.717) is 6.61 Å². The van der Waals surface area contributed by atoms with Crippen LogP contribution < -0.4 is 0 Å². The first-order valence-electron chi connectivity index (χ1n) is 6.03. The Kier molecular flexibility index (Phi) is 3.21. The minimum atomic E-state index is 0.156. The predicted octanol–water partition coefficient (Wildman–Crippen LogP) is 4.28. The Balaban J connectivity index is 2.69. The summed E-state index contributed by atoms with van der Waals surface area (Å²) >= 11 is 0. The van der Waals surface area contributed by atoms with Gasteiger partial charge in [-0.2, -0.15) is 0 Å². The Morgan fingerprint density at radius 1 is 1.06 bits per heavy atom. The van der Waals surface area contributed by atoms with Crippen LogP contribution in [0.2, 0.25) is 0 Å². The number of hydrogen-bond acceptors (Lipinski definition) is 1. The molecule has 0 amide bonds. The lowest BCUT2D eigenvalue weighted by Gasteiger charge is -2.22. The summed E-state index contributed by atoms with van der Waals surface area (Å²) in [4.78, 5) is 0. The summed E-state index contributed by atoms with van der Waals surface area (Å²) in [6.45, 7) is 7.44. The molecule has 0 atom stereocenters. The van der Waals surface area contributed by atoms with E-state index in [-0.39, 0.29) is 5.41 Å². The van der Waals surface area contributed by atoms with Crippen LogP contribution in [0.15, 0.2) is 36.4 Å². The maximum Gasteiger partial charge on any atom is 0.0713 e. The quantitative estimate of drug-likeness (QED) is 0.745. The molecule has 0 spiro atoms. The van der Waals surface area contributed by atoms with Crippen molar-refractivity contribution in [3.63, 3.8) is 0 Å². The highest BCUT2D eigenvalue weighted by atomic mass is 16.5. The molecule has 0 radical (unpaired) electrons. The topological polar surface area (TPSA) is 9.23 Å². The zero-order chi connectivity index (χ0) is 12.5. The van der Waals surface area contributed by atoms with Crippen molar-refractivity contribution in [1.82, 2.24) is 0 Å². The second kappa shape index (κ2) is 4.50. The van der Waals surface area contributed by atoms with Crippen molar-refractivity contribution < 1.29 is 4.74 Å². The summed E-state index contributed by atoms with van der Waals surface area (Å²) in [5, 5.41) is 2.65. The van der Waals surface area contributed by atoms with Gasteiger partial charge < -0.3 is 4.74 Å². The summed E-state index contributed by atoms with van der Waals surface area (Å²) in [6, 6.07) is 13.1. The summed E-state index contributed by atoms with van der Waals surface area (Å²) in [7, 11) is 1.74. The molecule has 0 aliphatic rings. The molecule has 0 fully saturated rings. The number of methoxy groups -OCH3 is 1. The average Bonchev–Trinajstić information content (AvgIpc) is 2.27.